The Labute approximate surface area is 133 Å². The molecule has 0 saturated heterocycles. The predicted molar refractivity (Wildman–Crippen MR) is 85.3 cm³/mol. The zero-order valence-electron chi connectivity index (χ0n) is 11.9. The van der Waals surface area contributed by atoms with Gasteiger partial charge in [0.05, 0.1) is 24.1 Å². The third kappa shape index (κ3) is 3.77. The van der Waals surface area contributed by atoms with Gasteiger partial charge in [0.15, 0.2) is 0 Å². The van der Waals surface area contributed by atoms with Crippen LogP contribution < -0.4 is 15.8 Å². The van der Waals surface area contributed by atoms with Crippen LogP contribution in [0.2, 0.25) is 5.02 Å². The summed E-state index contributed by atoms with van der Waals surface area (Å²) in [4.78, 5) is 23.3. The monoisotopic (exact) mass is 318 g/mol. The van der Waals surface area contributed by atoms with E-state index in [1.807, 2.05) is 18.2 Å². The lowest BCUT2D eigenvalue weighted by Crippen LogP contribution is -2.16. The Balaban J connectivity index is 2.12. The molecule has 0 aromatic heterocycles. The van der Waals surface area contributed by atoms with E-state index in [-0.39, 0.29) is 22.9 Å². The largest absolute Gasteiger partial charge is 0.496 e. The van der Waals surface area contributed by atoms with Gasteiger partial charge >= 0.3 is 0 Å². The first-order chi connectivity index (χ1) is 10.5. The number of carbonyl (C=O) groups excluding carboxylic acids is 2. The van der Waals surface area contributed by atoms with Gasteiger partial charge in [-0.05, 0) is 24.3 Å². The van der Waals surface area contributed by atoms with Crippen molar-refractivity contribution in [1.82, 2.24) is 0 Å². The van der Waals surface area contributed by atoms with Crippen molar-refractivity contribution >= 4 is 29.1 Å². The number of amides is 2. The number of benzene rings is 2. The van der Waals surface area contributed by atoms with Gasteiger partial charge < -0.3 is 15.8 Å². The third-order valence-electron chi connectivity index (χ3n) is 3.06. The maximum absolute atomic E-state index is 12.1. The number of halogens is 1. The van der Waals surface area contributed by atoms with Gasteiger partial charge in [-0.2, -0.15) is 0 Å². The van der Waals surface area contributed by atoms with E-state index in [4.69, 9.17) is 22.1 Å². The molecule has 0 fully saturated rings. The molecule has 0 spiro atoms. The minimum atomic E-state index is -0.647. The predicted octanol–water partition coefficient (Wildman–Crippen LogP) is 2.63. The number of hydrogen-bond acceptors (Lipinski definition) is 3. The van der Waals surface area contributed by atoms with Gasteiger partial charge in [-0.3, -0.25) is 9.59 Å². The summed E-state index contributed by atoms with van der Waals surface area (Å²) < 4.78 is 5.20. The van der Waals surface area contributed by atoms with Gasteiger partial charge in [0.25, 0.3) is 0 Å². The summed E-state index contributed by atoms with van der Waals surface area (Å²) in [5.41, 5.74) is 6.61. The van der Waals surface area contributed by atoms with Gasteiger partial charge in [0, 0.05) is 11.3 Å². The molecule has 0 unspecified atom stereocenters. The molecule has 0 aliphatic rings. The molecule has 0 atom stereocenters. The average molecular weight is 319 g/mol. The van der Waals surface area contributed by atoms with E-state index in [2.05, 4.69) is 5.32 Å². The van der Waals surface area contributed by atoms with E-state index >= 15 is 0 Å². The van der Waals surface area contributed by atoms with E-state index in [1.54, 1.807) is 19.2 Å². The fraction of sp³-hybridized carbons (Fsp3) is 0.125. The molecule has 5 nitrogen and oxygen atoms in total. The fourth-order valence-corrected chi connectivity index (χ4v) is 2.23. The lowest BCUT2D eigenvalue weighted by Gasteiger charge is -2.10. The second-order valence-corrected chi connectivity index (χ2v) is 5.00. The number of carbonyl (C=O) groups is 2. The number of methoxy groups -OCH3 is 1. The fourth-order valence-electron chi connectivity index (χ4n) is 2.02. The summed E-state index contributed by atoms with van der Waals surface area (Å²) in [5, 5.41) is 2.95. The van der Waals surface area contributed by atoms with Crippen molar-refractivity contribution in [2.24, 2.45) is 5.73 Å². The van der Waals surface area contributed by atoms with Crippen LogP contribution in [0.3, 0.4) is 0 Å². The second kappa shape index (κ2) is 6.95. The van der Waals surface area contributed by atoms with Gasteiger partial charge in [0.1, 0.15) is 5.75 Å². The number of para-hydroxylation sites is 1. The average Bonchev–Trinajstić information content (AvgIpc) is 2.49. The van der Waals surface area contributed by atoms with Crippen LogP contribution in [0.4, 0.5) is 5.69 Å². The smallest absolute Gasteiger partial charge is 0.250 e. The molecule has 0 saturated carbocycles. The van der Waals surface area contributed by atoms with E-state index in [0.717, 1.165) is 5.56 Å². The van der Waals surface area contributed by atoms with Crippen molar-refractivity contribution in [2.45, 2.75) is 6.42 Å². The molecule has 3 N–H and O–H groups in total. The Bertz CT molecular complexity index is 716. The van der Waals surface area contributed by atoms with Crippen LogP contribution in [0.1, 0.15) is 15.9 Å². The zero-order valence-corrected chi connectivity index (χ0v) is 12.7. The number of rotatable bonds is 5. The first-order valence-corrected chi connectivity index (χ1v) is 6.90. The highest BCUT2D eigenvalue weighted by Gasteiger charge is 2.11. The number of ether oxygens (including phenoxy) is 1. The van der Waals surface area contributed by atoms with Crippen molar-refractivity contribution in [2.75, 3.05) is 12.4 Å². The number of hydrogen-bond donors (Lipinski definition) is 2. The molecule has 2 rings (SSSR count). The van der Waals surface area contributed by atoms with Crippen LogP contribution in [0, 0.1) is 0 Å². The van der Waals surface area contributed by atoms with E-state index in [9.17, 15) is 9.59 Å². The van der Waals surface area contributed by atoms with E-state index in [0.29, 0.717) is 11.4 Å². The molecule has 6 heteroatoms. The lowest BCUT2D eigenvalue weighted by molar-refractivity contribution is -0.115. The molecule has 0 aliphatic heterocycles. The summed E-state index contributed by atoms with van der Waals surface area (Å²) in [6.07, 6.45) is 0.151. The highest BCUT2D eigenvalue weighted by atomic mass is 35.5. The summed E-state index contributed by atoms with van der Waals surface area (Å²) in [7, 11) is 1.55. The maximum atomic E-state index is 12.1. The topological polar surface area (TPSA) is 81.4 Å². The number of nitrogens with two attached hydrogens (primary N) is 1. The molecule has 22 heavy (non-hydrogen) atoms. The highest BCUT2D eigenvalue weighted by molar-refractivity contribution is 6.34. The minimum absolute atomic E-state index is 0.151. The van der Waals surface area contributed by atoms with Crippen molar-refractivity contribution in [3.63, 3.8) is 0 Å². The molecule has 0 aliphatic carbocycles. The van der Waals surface area contributed by atoms with Crippen LogP contribution in [0.15, 0.2) is 42.5 Å². The third-order valence-corrected chi connectivity index (χ3v) is 3.39. The van der Waals surface area contributed by atoms with Crippen molar-refractivity contribution < 1.29 is 14.3 Å². The van der Waals surface area contributed by atoms with E-state index in [1.165, 1.54) is 12.1 Å². The Kier molecular flexibility index (Phi) is 5.01. The van der Waals surface area contributed by atoms with Crippen LogP contribution in [0.25, 0.3) is 0 Å². The minimum Gasteiger partial charge on any atom is -0.496 e. The lowest BCUT2D eigenvalue weighted by atomic mass is 10.1. The van der Waals surface area contributed by atoms with Crippen molar-refractivity contribution in [1.29, 1.82) is 0 Å². The summed E-state index contributed by atoms with van der Waals surface area (Å²) in [6, 6.07) is 11.8. The van der Waals surface area contributed by atoms with Gasteiger partial charge in [-0.15, -0.1) is 0 Å². The normalized spacial score (nSPS) is 10.1. The Morgan fingerprint density at radius 2 is 1.95 bits per heavy atom. The standard InChI is InChI=1S/C16H15ClN2O3/c1-22-14-5-3-2-4-10(14)8-15(20)19-11-6-7-13(17)12(9-11)16(18)21/h2-7,9H,8H2,1H3,(H2,18,21)(H,19,20). The van der Waals surface area contributed by atoms with Gasteiger partial charge in [0.2, 0.25) is 11.8 Å². The van der Waals surface area contributed by atoms with Crippen LogP contribution in [-0.4, -0.2) is 18.9 Å². The summed E-state index contributed by atoms with van der Waals surface area (Å²) in [6.45, 7) is 0. The molecular weight excluding hydrogens is 304 g/mol. The molecule has 0 radical (unpaired) electrons. The SMILES string of the molecule is COc1ccccc1CC(=O)Nc1ccc(Cl)c(C(N)=O)c1. The molecule has 2 aromatic carbocycles. The van der Waals surface area contributed by atoms with Crippen LogP contribution in [0.5, 0.6) is 5.75 Å². The van der Waals surface area contributed by atoms with Crippen molar-refractivity contribution in [3.05, 3.63) is 58.6 Å². The first kappa shape index (κ1) is 15.9. The number of anilines is 1. The Hall–Kier alpha value is -2.53. The van der Waals surface area contributed by atoms with Crippen LogP contribution >= 0.6 is 11.6 Å². The Morgan fingerprint density at radius 3 is 2.64 bits per heavy atom. The zero-order chi connectivity index (χ0) is 16.1. The van der Waals surface area contributed by atoms with E-state index < -0.39 is 5.91 Å². The molecule has 0 bridgehead atoms. The quantitative estimate of drug-likeness (QED) is 0.889. The van der Waals surface area contributed by atoms with Gasteiger partial charge in [-0.1, -0.05) is 29.8 Å². The number of nitrogens with one attached hydrogen (secondary N) is 1. The highest BCUT2D eigenvalue weighted by Crippen LogP contribution is 2.21. The molecule has 114 valence electrons. The second-order valence-electron chi connectivity index (χ2n) is 4.60. The molecule has 2 amide bonds. The first-order valence-electron chi connectivity index (χ1n) is 6.52. The number of primary amides is 1. The van der Waals surface area contributed by atoms with Crippen molar-refractivity contribution in [3.8, 4) is 5.75 Å². The molecule has 2 aromatic rings. The van der Waals surface area contributed by atoms with Gasteiger partial charge in [-0.25, -0.2) is 0 Å². The molecule has 0 heterocycles. The summed E-state index contributed by atoms with van der Waals surface area (Å²) in [5.74, 6) is -0.236. The Morgan fingerprint density at radius 1 is 1.23 bits per heavy atom. The summed E-state index contributed by atoms with van der Waals surface area (Å²) >= 11 is 5.87. The maximum Gasteiger partial charge on any atom is 0.250 e. The van der Waals surface area contributed by atoms with Crippen LogP contribution in [-0.2, 0) is 11.2 Å². The molecular formula is C16H15ClN2O3.